The molecule has 0 saturated carbocycles. The monoisotopic (exact) mass is 373 g/mol. The second kappa shape index (κ2) is 9.33. The number of carboxylic acid groups (broad SMARTS) is 1. The highest BCUT2D eigenvalue weighted by molar-refractivity contribution is 5.88. The van der Waals surface area contributed by atoms with Crippen molar-refractivity contribution in [1.29, 1.82) is 0 Å². The number of aromatic carboxylic acids is 1. The van der Waals surface area contributed by atoms with Crippen LogP contribution < -0.4 is 4.74 Å². The van der Waals surface area contributed by atoms with E-state index in [1.165, 1.54) is 30.3 Å². The van der Waals surface area contributed by atoms with E-state index in [2.05, 4.69) is 0 Å². The number of non-ortho nitro benzene ring substituents is 1. The van der Waals surface area contributed by atoms with Gasteiger partial charge >= 0.3 is 11.9 Å². The zero-order valence-corrected chi connectivity index (χ0v) is 14.7. The number of esters is 1. The molecule has 1 N–H and O–H groups in total. The minimum atomic E-state index is -1.07. The quantitative estimate of drug-likeness (QED) is 0.407. The molecule has 8 nitrogen and oxygen atoms in total. The fraction of sp³-hybridized carbons (Fsp3) is 0.263. The Hall–Kier alpha value is -3.42. The summed E-state index contributed by atoms with van der Waals surface area (Å²) in [5.41, 5.74) is 1.38. The van der Waals surface area contributed by atoms with Gasteiger partial charge < -0.3 is 14.6 Å². The maximum Gasteiger partial charge on any atom is 0.335 e. The first kappa shape index (κ1) is 19.9. The lowest BCUT2D eigenvalue weighted by molar-refractivity contribution is -0.384. The fourth-order valence-corrected chi connectivity index (χ4v) is 2.39. The number of nitro groups is 1. The van der Waals surface area contributed by atoms with Gasteiger partial charge in [0.15, 0.2) is 0 Å². The van der Waals surface area contributed by atoms with Crippen LogP contribution in [0, 0.1) is 10.1 Å². The van der Waals surface area contributed by atoms with E-state index < -0.39 is 10.9 Å². The molecule has 0 unspecified atom stereocenters. The number of benzene rings is 2. The van der Waals surface area contributed by atoms with Crippen LogP contribution >= 0.6 is 0 Å². The smallest absolute Gasteiger partial charge is 0.335 e. The van der Waals surface area contributed by atoms with E-state index >= 15 is 0 Å². The minimum absolute atomic E-state index is 0.0142. The summed E-state index contributed by atoms with van der Waals surface area (Å²) in [6.07, 6.45) is 0.375. The number of carboxylic acids is 1. The predicted molar refractivity (Wildman–Crippen MR) is 95.8 cm³/mol. The van der Waals surface area contributed by atoms with Gasteiger partial charge in [0.25, 0.3) is 5.69 Å². The van der Waals surface area contributed by atoms with Crippen molar-refractivity contribution in [2.45, 2.75) is 26.4 Å². The average molecular weight is 373 g/mol. The van der Waals surface area contributed by atoms with Crippen molar-refractivity contribution in [3.8, 4) is 5.75 Å². The second-order valence-corrected chi connectivity index (χ2v) is 5.64. The van der Waals surface area contributed by atoms with Crippen LogP contribution in [0.15, 0.2) is 42.5 Å². The van der Waals surface area contributed by atoms with Crippen LogP contribution in [0.2, 0.25) is 0 Å². The zero-order chi connectivity index (χ0) is 19.8. The molecule has 0 spiro atoms. The van der Waals surface area contributed by atoms with Gasteiger partial charge in [0.2, 0.25) is 0 Å². The third-order valence-corrected chi connectivity index (χ3v) is 3.75. The molecule has 2 rings (SSSR count). The molecule has 0 aliphatic carbocycles. The number of carbonyl (C=O) groups is 2. The Labute approximate surface area is 155 Å². The Bertz CT molecular complexity index is 830. The first-order chi connectivity index (χ1) is 12.9. The van der Waals surface area contributed by atoms with Crippen LogP contribution in [0.5, 0.6) is 5.75 Å². The summed E-state index contributed by atoms with van der Waals surface area (Å²) >= 11 is 0. The maximum absolute atomic E-state index is 11.6. The Balaban J connectivity index is 2.12. The van der Waals surface area contributed by atoms with Gasteiger partial charge in [-0.15, -0.1) is 0 Å². The number of aryl methyl sites for hydroxylation is 1. The summed E-state index contributed by atoms with van der Waals surface area (Å²) in [5, 5.41) is 19.8. The zero-order valence-electron chi connectivity index (χ0n) is 14.7. The van der Waals surface area contributed by atoms with Crippen molar-refractivity contribution >= 4 is 17.6 Å². The van der Waals surface area contributed by atoms with Crippen LogP contribution in [0.4, 0.5) is 5.69 Å². The molecule has 0 amide bonds. The molecule has 2 aromatic rings. The van der Waals surface area contributed by atoms with Crippen molar-refractivity contribution in [3.05, 3.63) is 69.3 Å². The number of carbonyl (C=O) groups excluding carboxylic acids is 1. The molecule has 142 valence electrons. The van der Waals surface area contributed by atoms with Gasteiger partial charge in [0.05, 0.1) is 17.1 Å². The molecular formula is C19H19NO7. The van der Waals surface area contributed by atoms with E-state index in [0.717, 1.165) is 5.56 Å². The first-order valence-corrected chi connectivity index (χ1v) is 8.28. The highest BCUT2D eigenvalue weighted by atomic mass is 16.6. The van der Waals surface area contributed by atoms with E-state index in [0.29, 0.717) is 11.3 Å². The Morgan fingerprint density at radius 3 is 2.44 bits per heavy atom. The van der Waals surface area contributed by atoms with Gasteiger partial charge in [-0.2, -0.15) is 0 Å². The summed E-state index contributed by atoms with van der Waals surface area (Å²) in [6, 6.07) is 10.4. The largest absolute Gasteiger partial charge is 0.489 e. The molecule has 0 aromatic heterocycles. The number of nitrogens with zero attached hydrogens (tertiary/aromatic N) is 1. The SMILES string of the molecule is CCOC(=O)CCc1cc(C(=O)O)ccc1OCc1ccc([N+](=O)[O-])cc1. The molecule has 0 atom stereocenters. The second-order valence-electron chi connectivity index (χ2n) is 5.64. The molecule has 0 radical (unpaired) electrons. The molecule has 0 saturated heterocycles. The number of rotatable bonds is 9. The van der Waals surface area contributed by atoms with Crippen molar-refractivity contribution in [2.75, 3.05) is 6.61 Å². The summed E-state index contributed by atoms with van der Waals surface area (Å²) in [7, 11) is 0. The first-order valence-electron chi connectivity index (χ1n) is 8.28. The van der Waals surface area contributed by atoms with Crippen molar-refractivity contribution in [3.63, 3.8) is 0 Å². The topological polar surface area (TPSA) is 116 Å². The lowest BCUT2D eigenvalue weighted by Crippen LogP contribution is -2.07. The highest BCUT2D eigenvalue weighted by Crippen LogP contribution is 2.24. The third kappa shape index (κ3) is 5.81. The molecule has 0 aliphatic rings. The third-order valence-electron chi connectivity index (χ3n) is 3.75. The summed E-state index contributed by atoms with van der Waals surface area (Å²) in [4.78, 5) is 33.0. The summed E-state index contributed by atoms with van der Waals surface area (Å²) in [6.45, 7) is 2.13. The highest BCUT2D eigenvalue weighted by Gasteiger charge is 2.12. The van der Waals surface area contributed by atoms with Crippen LogP contribution in [-0.2, 0) is 22.6 Å². The lowest BCUT2D eigenvalue weighted by Gasteiger charge is -2.12. The standard InChI is InChI=1S/C19H19NO7/c1-2-26-18(21)10-6-14-11-15(19(22)23)5-9-17(14)27-12-13-3-7-16(8-4-13)20(24)25/h3-5,7-9,11H,2,6,10,12H2,1H3,(H,22,23). The Morgan fingerprint density at radius 2 is 1.85 bits per heavy atom. The van der Waals surface area contributed by atoms with E-state index in [-0.39, 0.29) is 43.3 Å². The van der Waals surface area contributed by atoms with Crippen molar-refractivity contribution in [1.82, 2.24) is 0 Å². The van der Waals surface area contributed by atoms with E-state index in [9.17, 15) is 19.7 Å². The maximum atomic E-state index is 11.6. The molecule has 0 fully saturated rings. The molecular weight excluding hydrogens is 354 g/mol. The van der Waals surface area contributed by atoms with Crippen LogP contribution in [0.3, 0.4) is 0 Å². The molecule has 0 bridgehead atoms. The molecule has 0 heterocycles. The van der Waals surface area contributed by atoms with Crippen molar-refractivity contribution in [2.24, 2.45) is 0 Å². The molecule has 0 aliphatic heterocycles. The number of nitro benzene ring substituents is 1. The summed E-state index contributed by atoms with van der Waals surface area (Å²) < 4.78 is 10.6. The number of hydrogen-bond acceptors (Lipinski definition) is 6. The van der Waals surface area contributed by atoms with Crippen LogP contribution in [0.1, 0.15) is 34.8 Å². The Kier molecular flexibility index (Phi) is 6.87. The fourth-order valence-electron chi connectivity index (χ4n) is 2.39. The molecule has 2 aromatic carbocycles. The number of ether oxygens (including phenoxy) is 2. The molecule has 8 heteroatoms. The van der Waals surface area contributed by atoms with Crippen LogP contribution in [-0.4, -0.2) is 28.6 Å². The van der Waals surface area contributed by atoms with E-state index in [4.69, 9.17) is 14.6 Å². The molecule has 27 heavy (non-hydrogen) atoms. The predicted octanol–water partition coefficient (Wildman–Crippen LogP) is 3.37. The van der Waals surface area contributed by atoms with Gasteiger partial charge in [-0.1, -0.05) is 0 Å². The van der Waals surface area contributed by atoms with Crippen molar-refractivity contribution < 1.29 is 29.1 Å². The summed E-state index contributed by atoms with van der Waals surface area (Å²) in [5.74, 6) is -1.00. The van der Waals surface area contributed by atoms with Gasteiger partial charge in [0, 0.05) is 18.6 Å². The normalized spacial score (nSPS) is 10.3. The van der Waals surface area contributed by atoms with E-state index in [1.54, 1.807) is 19.1 Å². The van der Waals surface area contributed by atoms with Gasteiger partial charge in [-0.3, -0.25) is 14.9 Å². The van der Waals surface area contributed by atoms with Gasteiger partial charge in [0.1, 0.15) is 12.4 Å². The van der Waals surface area contributed by atoms with E-state index in [1.807, 2.05) is 0 Å². The van der Waals surface area contributed by atoms with Crippen LogP contribution in [0.25, 0.3) is 0 Å². The minimum Gasteiger partial charge on any atom is -0.489 e. The van der Waals surface area contributed by atoms with Gasteiger partial charge in [-0.05, 0) is 54.8 Å². The lowest BCUT2D eigenvalue weighted by atomic mass is 10.0. The average Bonchev–Trinajstić information content (AvgIpc) is 2.65. The Morgan fingerprint density at radius 1 is 1.15 bits per heavy atom. The van der Waals surface area contributed by atoms with Gasteiger partial charge in [-0.25, -0.2) is 4.79 Å². The number of hydrogen-bond donors (Lipinski definition) is 1.